The highest BCUT2D eigenvalue weighted by Gasteiger charge is 2.17. The van der Waals surface area contributed by atoms with E-state index in [-0.39, 0.29) is 18.1 Å². The van der Waals surface area contributed by atoms with Crippen molar-refractivity contribution < 1.29 is 9.32 Å². The number of para-hydroxylation sites is 1. The number of pyridine rings is 1. The Morgan fingerprint density at radius 3 is 2.85 bits per heavy atom. The maximum absolute atomic E-state index is 12.4. The summed E-state index contributed by atoms with van der Waals surface area (Å²) in [5.74, 6) is -0.717. The molecule has 9 heteroatoms. The molecule has 2 aromatic heterocycles. The summed E-state index contributed by atoms with van der Waals surface area (Å²) in [4.78, 5) is 29.2. The Balaban J connectivity index is 1.79. The monoisotopic (exact) mass is 367 g/mol. The minimum Gasteiger partial charge on any atom is -0.324 e. The van der Waals surface area contributed by atoms with E-state index in [9.17, 15) is 9.59 Å². The van der Waals surface area contributed by atoms with Crippen molar-refractivity contribution in [1.29, 1.82) is 5.26 Å². The molecule has 26 heavy (non-hydrogen) atoms. The Bertz CT molecular complexity index is 1010. The predicted octanol–water partition coefficient (Wildman–Crippen LogP) is 2.15. The van der Waals surface area contributed by atoms with Crippen molar-refractivity contribution in [3.63, 3.8) is 0 Å². The second-order valence-corrected chi connectivity index (χ2v) is 6.08. The first-order valence-electron chi connectivity index (χ1n) is 7.55. The molecule has 0 aliphatic rings. The number of amides is 1. The molecule has 1 N–H and O–H groups in total. The van der Waals surface area contributed by atoms with Gasteiger partial charge in [-0.3, -0.25) is 14.3 Å². The van der Waals surface area contributed by atoms with Gasteiger partial charge in [0.1, 0.15) is 12.2 Å². The molecule has 0 fully saturated rings. The maximum atomic E-state index is 12.4. The van der Waals surface area contributed by atoms with Gasteiger partial charge in [-0.1, -0.05) is 23.4 Å². The van der Waals surface area contributed by atoms with Gasteiger partial charge in [0.05, 0.1) is 17.5 Å². The number of nitriles is 1. The number of anilines is 1. The molecule has 1 aromatic carbocycles. The molecule has 8 nitrogen and oxygen atoms in total. The molecule has 0 atom stereocenters. The van der Waals surface area contributed by atoms with Gasteiger partial charge >= 0.3 is 5.76 Å². The van der Waals surface area contributed by atoms with Crippen LogP contribution in [0.25, 0.3) is 11.5 Å². The minimum atomic E-state index is -0.743. The highest BCUT2D eigenvalue weighted by atomic mass is 32.2. The molecule has 3 rings (SSSR count). The van der Waals surface area contributed by atoms with Crippen molar-refractivity contribution in [3.8, 4) is 17.6 Å². The van der Waals surface area contributed by atoms with Gasteiger partial charge in [0.25, 0.3) is 0 Å². The Morgan fingerprint density at radius 1 is 1.27 bits per heavy atom. The van der Waals surface area contributed by atoms with Gasteiger partial charge in [0, 0.05) is 11.1 Å². The molecule has 0 aliphatic heterocycles. The first-order valence-corrected chi connectivity index (χ1v) is 8.54. The summed E-state index contributed by atoms with van der Waals surface area (Å²) in [6.45, 7) is -0.272. The summed E-state index contributed by atoms with van der Waals surface area (Å²) in [7, 11) is 0. The van der Waals surface area contributed by atoms with Crippen molar-refractivity contribution >= 4 is 23.4 Å². The lowest BCUT2D eigenvalue weighted by Crippen LogP contribution is -2.25. The Kier molecular flexibility index (Phi) is 5.46. The van der Waals surface area contributed by atoms with Crippen LogP contribution in [-0.2, 0) is 11.3 Å². The molecule has 2 heterocycles. The lowest BCUT2D eigenvalue weighted by atomic mass is 10.3. The number of thioether (sulfide) groups is 1. The smallest absolute Gasteiger partial charge is 0.324 e. The molecule has 0 saturated heterocycles. The first kappa shape index (κ1) is 17.4. The van der Waals surface area contributed by atoms with Crippen LogP contribution >= 0.6 is 11.8 Å². The fourth-order valence-corrected chi connectivity index (χ4v) is 2.90. The van der Waals surface area contributed by atoms with Gasteiger partial charge in [-0.2, -0.15) is 5.26 Å². The van der Waals surface area contributed by atoms with E-state index in [2.05, 4.69) is 20.0 Å². The topological polar surface area (TPSA) is 114 Å². The molecule has 0 spiro atoms. The van der Waals surface area contributed by atoms with E-state index in [0.29, 0.717) is 11.4 Å². The molecule has 1 amide bonds. The molecular weight excluding hydrogens is 354 g/mol. The van der Waals surface area contributed by atoms with Crippen LogP contribution in [0.15, 0.2) is 62.9 Å². The maximum Gasteiger partial charge on any atom is 0.442 e. The highest BCUT2D eigenvalue weighted by Crippen LogP contribution is 2.26. The van der Waals surface area contributed by atoms with E-state index in [1.54, 1.807) is 36.5 Å². The largest absolute Gasteiger partial charge is 0.442 e. The average molecular weight is 367 g/mol. The minimum absolute atomic E-state index is 0.179. The van der Waals surface area contributed by atoms with E-state index in [1.165, 1.54) is 11.8 Å². The molecule has 0 bridgehead atoms. The molecule has 0 saturated carbocycles. The number of hydrogen-bond donors (Lipinski definition) is 1. The number of carbonyl (C=O) groups is 1. The summed E-state index contributed by atoms with van der Waals surface area (Å²) < 4.78 is 5.79. The van der Waals surface area contributed by atoms with Gasteiger partial charge in [-0.25, -0.2) is 9.36 Å². The zero-order valence-corrected chi connectivity index (χ0v) is 14.3. The Labute approximate surface area is 152 Å². The van der Waals surface area contributed by atoms with Crippen molar-refractivity contribution in [2.45, 2.75) is 11.4 Å². The summed E-state index contributed by atoms with van der Waals surface area (Å²) in [5.41, 5.74) is 0.998. The average Bonchev–Trinajstić information content (AvgIpc) is 3.02. The molecule has 130 valence electrons. The van der Waals surface area contributed by atoms with Crippen molar-refractivity contribution in [2.24, 2.45) is 0 Å². The van der Waals surface area contributed by atoms with Crippen molar-refractivity contribution in [2.75, 3.05) is 11.1 Å². The molecule has 3 aromatic rings. The lowest BCUT2D eigenvalue weighted by molar-refractivity contribution is -0.116. The molecule has 0 unspecified atom stereocenters. The fourth-order valence-electron chi connectivity index (χ4n) is 2.23. The van der Waals surface area contributed by atoms with Crippen LogP contribution in [-0.4, -0.2) is 26.4 Å². The van der Waals surface area contributed by atoms with Gasteiger partial charge in [-0.05, 0) is 24.3 Å². The number of nitrogens with zero attached hydrogens (tertiary/aromatic N) is 4. The van der Waals surface area contributed by atoms with E-state index >= 15 is 0 Å². The number of benzene rings is 1. The van der Waals surface area contributed by atoms with E-state index in [4.69, 9.17) is 5.26 Å². The van der Waals surface area contributed by atoms with Crippen LogP contribution in [0.3, 0.4) is 0 Å². The molecular formula is C17H13N5O3S. The standard InChI is InChI=1S/C17H13N5O3S/c18-8-10-26-14-7-2-1-5-12(14)20-15(23)11-22-16(21-25-17(22)24)13-6-3-4-9-19-13/h1-7,9H,10-11H2,(H,20,23). The number of rotatable bonds is 6. The first-order chi connectivity index (χ1) is 12.7. The van der Waals surface area contributed by atoms with Crippen LogP contribution in [0, 0.1) is 11.3 Å². The normalized spacial score (nSPS) is 10.3. The number of carbonyl (C=O) groups excluding carboxylic acids is 1. The third-order valence-electron chi connectivity index (χ3n) is 3.34. The number of nitrogens with one attached hydrogen (secondary N) is 1. The van der Waals surface area contributed by atoms with Crippen LogP contribution in [0.2, 0.25) is 0 Å². The zero-order valence-electron chi connectivity index (χ0n) is 13.5. The highest BCUT2D eigenvalue weighted by molar-refractivity contribution is 7.99. The van der Waals surface area contributed by atoms with Gasteiger partial charge in [0.15, 0.2) is 0 Å². The second kappa shape index (κ2) is 8.13. The van der Waals surface area contributed by atoms with E-state index in [0.717, 1.165) is 9.46 Å². The van der Waals surface area contributed by atoms with Crippen molar-refractivity contribution in [1.82, 2.24) is 14.7 Å². The predicted molar refractivity (Wildman–Crippen MR) is 95.4 cm³/mol. The SMILES string of the molecule is N#CCSc1ccccc1NC(=O)Cn1c(-c2ccccn2)noc1=O. The summed E-state index contributed by atoms with van der Waals surface area (Å²) in [5, 5.41) is 15.2. The molecule has 0 radical (unpaired) electrons. The summed E-state index contributed by atoms with van der Waals surface area (Å²) in [6, 6.07) is 14.3. The van der Waals surface area contributed by atoms with Crippen LogP contribution in [0.4, 0.5) is 5.69 Å². The second-order valence-electron chi connectivity index (χ2n) is 5.06. The van der Waals surface area contributed by atoms with Gasteiger partial charge < -0.3 is 5.32 Å². The zero-order chi connectivity index (χ0) is 18.4. The van der Waals surface area contributed by atoms with E-state index in [1.807, 2.05) is 18.2 Å². The lowest BCUT2D eigenvalue weighted by Gasteiger charge is -2.10. The Morgan fingerprint density at radius 2 is 2.08 bits per heavy atom. The van der Waals surface area contributed by atoms with Crippen LogP contribution < -0.4 is 11.1 Å². The third-order valence-corrected chi connectivity index (χ3v) is 4.28. The number of hydrogen-bond acceptors (Lipinski definition) is 7. The van der Waals surface area contributed by atoms with Crippen LogP contribution in [0.5, 0.6) is 0 Å². The van der Waals surface area contributed by atoms with Gasteiger partial charge in [-0.15, -0.1) is 11.8 Å². The quantitative estimate of drug-likeness (QED) is 0.664. The molecule has 0 aliphatic carbocycles. The number of aromatic nitrogens is 3. The van der Waals surface area contributed by atoms with E-state index < -0.39 is 11.7 Å². The van der Waals surface area contributed by atoms with Crippen LogP contribution in [0.1, 0.15) is 0 Å². The van der Waals surface area contributed by atoms with Crippen molar-refractivity contribution in [3.05, 3.63) is 59.2 Å². The van der Waals surface area contributed by atoms with Gasteiger partial charge in [0.2, 0.25) is 11.7 Å². The third kappa shape index (κ3) is 3.99. The summed E-state index contributed by atoms with van der Waals surface area (Å²) >= 11 is 1.31. The summed E-state index contributed by atoms with van der Waals surface area (Å²) in [6.07, 6.45) is 1.56. The Hall–Kier alpha value is -3.38. The fraction of sp³-hybridized carbons (Fsp3) is 0.118.